The number of alkyl halides is 3. The summed E-state index contributed by atoms with van der Waals surface area (Å²) in [6.45, 7) is 7.64. The molecule has 3 rings (SSSR count). The van der Waals surface area contributed by atoms with Gasteiger partial charge in [-0.25, -0.2) is 4.79 Å². The minimum absolute atomic E-state index is 0.176. The average molecular weight is 398 g/mol. The quantitative estimate of drug-likeness (QED) is 0.730. The number of carbonyl (C=O) groups is 2. The maximum atomic E-state index is 13.5. The van der Waals surface area contributed by atoms with Crippen molar-refractivity contribution in [1.82, 2.24) is 9.80 Å². The van der Waals surface area contributed by atoms with E-state index in [1.165, 1.54) is 11.0 Å². The van der Waals surface area contributed by atoms with Crippen LogP contribution in [0.2, 0.25) is 0 Å². The summed E-state index contributed by atoms with van der Waals surface area (Å²) in [5, 5.41) is 0. The van der Waals surface area contributed by atoms with E-state index in [0.717, 1.165) is 12.5 Å². The van der Waals surface area contributed by atoms with Crippen LogP contribution in [0.15, 0.2) is 18.2 Å². The number of fused-ring (bicyclic) bond motifs is 3. The predicted molar refractivity (Wildman–Crippen MR) is 96.9 cm³/mol. The molecule has 0 radical (unpaired) electrons. The molecule has 1 aromatic carbocycles. The molecule has 2 atom stereocenters. The third kappa shape index (κ3) is 3.56. The Kier molecular flexibility index (Phi) is 5.10. The molecule has 5 nitrogen and oxygen atoms in total. The number of hydrogen-bond acceptors (Lipinski definition) is 3. The minimum Gasteiger partial charge on any atom is -0.444 e. The highest BCUT2D eigenvalue weighted by molar-refractivity contribution is 6.01. The number of rotatable bonds is 2. The maximum Gasteiger partial charge on any atom is 0.417 e. The summed E-state index contributed by atoms with van der Waals surface area (Å²) in [6, 6.07) is 2.81. The van der Waals surface area contributed by atoms with Gasteiger partial charge in [0.25, 0.3) is 5.91 Å². The number of nitrogens with zero attached hydrogens (tertiary/aromatic N) is 2. The fourth-order valence-electron chi connectivity index (χ4n) is 4.09. The molecule has 1 fully saturated rings. The highest BCUT2D eigenvalue weighted by atomic mass is 19.4. The van der Waals surface area contributed by atoms with Crippen molar-refractivity contribution in [2.24, 2.45) is 0 Å². The molecule has 2 aliphatic rings. The lowest BCUT2D eigenvalue weighted by Gasteiger charge is -2.45. The molecule has 0 aliphatic carbocycles. The van der Waals surface area contributed by atoms with Crippen molar-refractivity contribution in [3.8, 4) is 0 Å². The van der Waals surface area contributed by atoms with E-state index >= 15 is 0 Å². The number of halogens is 3. The fourth-order valence-corrected chi connectivity index (χ4v) is 4.09. The van der Waals surface area contributed by atoms with E-state index in [4.69, 9.17) is 4.74 Å². The van der Waals surface area contributed by atoms with Crippen LogP contribution in [0.3, 0.4) is 0 Å². The van der Waals surface area contributed by atoms with Gasteiger partial charge < -0.3 is 14.5 Å². The summed E-state index contributed by atoms with van der Waals surface area (Å²) in [4.78, 5) is 28.6. The third-order valence-electron chi connectivity index (χ3n) is 5.09. The first-order valence-electron chi connectivity index (χ1n) is 9.46. The van der Waals surface area contributed by atoms with Crippen molar-refractivity contribution < 1.29 is 27.5 Å². The summed E-state index contributed by atoms with van der Waals surface area (Å²) < 4.78 is 45.9. The van der Waals surface area contributed by atoms with Gasteiger partial charge in [0.15, 0.2) is 0 Å². The summed E-state index contributed by atoms with van der Waals surface area (Å²) in [7, 11) is 0. The van der Waals surface area contributed by atoms with Crippen LogP contribution in [-0.4, -0.2) is 46.5 Å². The van der Waals surface area contributed by atoms with Gasteiger partial charge in [-0.05, 0) is 38.8 Å². The Balaban J connectivity index is 2.04. The van der Waals surface area contributed by atoms with E-state index in [0.29, 0.717) is 12.0 Å². The van der Waals surface area contributed by atoms with E-state index in [9.17, 15) is 22.8 Å². The number of carbonyl (C=O) groups excluding carboxylic acids is 2. The van der Waals surface area contributed by atoms with Gasteiger partial charge in [0, 0.05) is 13.1 Å². The van der Waals surface area contributed by atoms with Gasteiger partial charge in [-0.3, -0.25) is 4.79 Å². The zero-order chi connectivity index (χ0) is 20.9. The van der Waals surface area contributed by atoms with Gasteiger partial charge in [-0.15, -0.1) is 0 Å². The first-order valence-corrected chi connectivity index (χ1v) is 9.46. The van der Waals surface area contributed by atoms with Gasteiger partial charge in [0.05, 0.1) is 23.2 Å². The molecule has 0 bridgehead atoms. The minimum atomic E-state index is -4.61. The average Bonchev–Trinajstić information content (AvgIpc) is 2.86. The first-order chi connectivity index (χ1) is 13.0. The molecule has 0 aromatic heterocycles. The zero-order valence-corrected chi connectivity index (χ0v) is 16.5. The third-order valence-corrected chi connectivity index (χ3v) is 5.09. The van der Waals surface area contributed by atoms with E-state index in [2.05, 4.69) is 0 Å². The van der Waals surface area contributed by atoms with Gasteiger partial charge in [0.1, 0.15) is 5.60 Å². The van der Waals surface area contributed by atoms with Crippen LogP contribution in [-0.2, 0) is 10.9 Å². The molecule has 1 aromatic rings. The molecule has 2 heterocycles. The summed E-state index contributed by atoms with van der Waals surface area (Å²) in [5.74, 6) is -0.613. The topological polar surface area (TPSA) is 49.9 Å². The van der Waals surface area contributed by atoms with Gasteiger partial charge in [0.2, 0.25) is 0 Å². The molecular formula is C20H25F3N2O3. The van der Waals surface area contributed by atoms with Gasteiger partial charge in [-0.1, -0.05) is 25.5 Å². The van der Waals surface area contributed by atoms with Crippen molar-refractivity contribution in [1.29, 1.82) is 0 Å². The standard InChI is InChI=1S/C20H25F3N2O3/c1-5-7-14-16-12-8-6-9-13(20(21,22)23)15(12)17(26)25(16)11-10-24(14)18(27)28-19(2,3)4/h6,8-9,14,16H,5,7,10-11H2,1-4H3. The number of benzene rings is 1. The lowest BCUT2D eigenvalue weighted by atomic mass is 9.91. The maximum absolute atomic E-state index is 13.5. The lowest BCUT2D eigenvalue weighted by molar-refractivity contribution is -0.137. The number of hydrogen-bond donors (Lipinski definition) is 0. The highest BCUT2D eigenvalue weighted by Crippen LogP contribution is 2.46. The molecule has 1 saturated heterocycles. The molecule has 2 amide bonds. The van der Waals surface area contributed by atoms with Crippen LogP contribution in [0.25, 0.3) is 0 Å². The Morgan fingerprint density at radius 1 is 1.21 bits per heavy atom. The van der Waals surface area contributed by atoms with E-state index < -0.39 is 41.4 Å². The van der Waals surface area contributed by atoms with Crippen LogP contribution in [0.1, 0.15) is 68.1 Å². The molecule has 0 N–H and O–H groups in total. The molecule has 2 unspecified atom stereocenters. The number of ether oxygens (including phenoxy) is 1. The van der Waals surface area contributed by atoms with Crippen LogP contribution < -0.4 is 0 Å². The Morgan fingerprint density at radius 2 is 1.89 bits per heavy atom. The van der Waals surface area contributed by atoms with Crippen LogP contribution in [0.4, 0.5) is 18.0 Å². The molecule has 2 aliphatic heterocycles. The Hall–Kier alpha value is -2.25. The second-order valence-electron chi connectivity index (χ2n) is 8.24. The van der Waals surface area contributed by atoms with Crippen LogP contribution >= 0.6 is 0 Å². The Bertz CT molecular complexity index is 786. The zero-order valence-electron chi connectivity index (χ0n) is 16.5. The van der Waals surface area contributed by atoms with E-state index in [1.807, 2.05) is 6.92 Å². The fraction of sp³-hybridized carbons (Fsp3) is 0.600. The van der Waals surface area contributed by atoms with Crippen molar-refractivity contribution in [3.63, 3.8) is 0 Å². The van der Waals surface area contributed by atoms with E-state index in [-0.39, 0.29) is 18.7 Å². The lowest BCUT2D eigenvalue weighted by Crippen LogP contribution is -2.56. The van der Waals surface area contributed by atoms with E-state index in [1.54, 1.807) is 31.7 Å². The summed E-state index contributed by atoms with van der Waals surface area (Å²) in [5.41, 5.74) is -1.54. The number of amides is 2. The molecule has 0 spiro atoms. The predicted octanol–water partition coefficient (Wildman–Crippen LogP) is 4.62. The van der Waals surface area contributed by atoms with Gasteiger partial charge >= 0.3 is 12.3 Å². The largest absolute Gasteiger partial charge is 0.444 e. The van der Waals surface area contributed by atoms with Crippen molar-refractivity contribution in [2.45, 2.75) is 64.4 Å². The molecule has 8 heteroatoms. The number of piperazine rings is 1. The smallest absolute Gasteiger partial charge is 0.417 e. The molecular weight excluding hydrogens is 373 g/mol. The molecule has 0 saturated carbocycles. The summed E-state index contributed by atoms with van der Waals surface area (Å²) >= 11 is 0. The SMILES string of the molecule is CCCC1C2c3cccc(C(F)(F)F)c3C(=O)N2CCN1C(=O)OC(C)(C)C. The normalized spacial score (nSPS) is 22.2. The Labute approximate surface area is 162 Å². The Morgan fingerprint density at radius 3 is 2.46 bits per heavy atom. The second-order valence-corrected chi connectivity index (χ2v) is 8.24. The molecule has 28 heavy (non-hydrogen) atoms. The van der Waals surface area contributed by atoms with Crippen LogP contribution in [0, 0.1) is 0 Å². The summed E-state index contributed by atoms with van der Waals surface area (Å²) in [6.07, 6.45) is -3.83. The first kappa shape index (κ1) is 20.5. The van der Waals surface area contributed by atoms with Gasteiger partial charge in [-0.2, -0.15) is 13.2 Å². The highest BCUT2D eigenvalue weighted by Gasteiger charge is 2.51. The van der Waals surface area contributed by atoms with Crippen molar-refractivity contribution in [3.05, 3.63) is 34.9 Å². The van der Waals surface area contributed by atoms with Crippen LogP contribution in [0.5, 0.6) is 0 Å². The van der Waals surface area contributed by atoms with Crippen molar-refractivity contribution >= 4 is 12.0 Å². The monoisotopic (exact) mass is 398 g/mol. The molecule has 154 valence electrons. The second kappa shape index (κ2) is 6.97. The van der Waals surface area contributed by atoms with Crippen molar-refractivity contribution in [2.75, 3.05) is 13.1 Å².